The van der Waals surface area contributed by atoms with Crippen LogP contribution in [0.4, 0.5) is 0 Å². The van der Waals surface area contributed by atoms with E-state index in [0.29, 0.717) is 13.2 Å². The zero-order valence-electron chi connectivity index (χ0n) is 25.1. The molecule has 0 amide bonds. The Morgan fingerprint density at radius 3 is 1.69 bits per heavy atom. The van der Waals surface area contributed by atoms with Gasteiger partial charge in [0.15, 0.2) is 0 Å². The molecule has 0 aromatic heterocycles. The van der Waals surface area contributed by atoms with Crippen molar-refractivity contribution in [2.24, 2.45) is 10.2 Å². The molecule has 0 bridgehead atoms. The van der Waals surface area contributed by atoms with Crippen LogP contribution in [0, 0.1) is 5.41 Å². The summed E-state index contributed by atoms with van der Waals surface area (Å²) in [6.45, 7) is 38.1. The van der Waals surface area contributed by atoms with Crippen LogP contribution in [0.1, 0.15) is 104 Å². The largest absolute Gasteiger partial charge is 0.631 e. The Kier molecular flexibility index (Phi) is 8.77. The first-order chi connectivity index (χ1) is 15.3. The first-order valence-electron chi connectivity index (χ1n) is 12.7. The summed E-state index contributed by atoms with van der Waals surface area (Å²) in [4.78, 5) is 14.1. The van der Waals surface area contributed by atoms with Gasteiger partial charge in [0, 0.05) is 27.3 Å². The van der Waals surface area contributed by atoms with Gasteiger partial charge < -0.3 is 4.89 Å². The van der Waals surface area contributed by atoms with E-state index >= 15 is 0 Å². The number of nitrogens with one attached hydrogen (secondary N) is 1. The Hall–Kier alpha value is 0.590. The van der Waals surface area contributed by atoms with Crippen LogP contribution in [-0.4, -0.2) is 49.9 Å². The molecule has 0 aromatic rings. The standard InChI is InChI=1S/C25H53N4O3P3/c1-19(20(2)35(30)31-17-25(15,16)18-32-35)34(27-22(6,7)8)28(23(9,10)11)33(26-21(3,4)5)29(34)24(12,13)14/h20,26H,1,17-18H2,2-16H3. The van der Waals surface area contributed by atoms with Gasteiger partial charge in [-0.05, 0) is 90.0 Å². The Morgan fingerprint density at radius 2 is 1.37 bits per heavy atom. The fourth-order valence-electron chi connectivity index (χ4n) is 4.24. The van der Waals surface area contributed by atoms with Crippen LogP contribution in [0.5, 0.6) is 0 Å². The van der Waals surface area contributed by atoms with Gasteiger partial charge in [-0.15, -0.1) is 0 Å². The minimum atomic E-state index is -3.40. The van der Waals surface area contributed by atoms with Gasteiger partial charge in [-0.25, -0.2) is 17.9 Å². The smallest absolute Gasteiger partial charge is 0.244 e. The molecule has 0 aromatic carbocycles. The highest BCUT2D eigenvalue weighted by Crippen LogP contribution is 2.90. The van der Waals surface area contributed by atoms with Gasteiger partial charge in [-0.2, -0.15) is 0 Å². The van der Waals surface area contributed by atoms with Crippen molar-refractivity contribution in [3.05, 3.63) is 11.9 Å². The fourth-order valence-corrected chi connectivity index (χ4v) is 16.6. The topological polar surface area (TPSA) is 72.4 Å². The van der Waals surface area contributed by atoms with Crippen molar-refractivity contribution in [2.45, 2.75) is 132 Å². The van der Waals surface area contributed by atoms with E-state index in [4.69, 9.17) is 13.8 Å². The maximum Gasteiger partial charge on any atom is 0.244 e. The predicted molar refractivity (Wildman–Crippen MR) is 153 cm³/mol. The molecule has 2 saturated heterocycles. The number of rotatable bonds is 4. The van der Waals surface area contributed by atoms with Crippen LogP contribution in [0.3, 0.4) is 0 Å². The monoisotopic (exact) mass is 550 g/mol. The van der Waals surface area contributed by atoms with Crippen LogP contribution in [-0.2, 0) is 9.05 Å². The average molecular weight is 551 g/mol. The zero-order valence-corrected chi connectivity index (χ0v) is 27.8. The van der Waals surface area contributed by atoms with Crippen LogP contribution in [0.15, 0.2) is 16.6 Å². The second kappa shape index (κ2) is 9.65. The van der Waals surface area contributed by atoms with Gasteiger partial charge in [0.2, 0.25) is 7.94 Å². The third-order valence-corrected chi connectivity index (χ3v) is 17.6. The highest BCUT2D eigenvalue weighted by atomic mass is 31.3. The fraction of sp³-hybridized carbons (Fsp3) is 0.920. The Bertz CT molecular complexity index is 827. The second-order valence-electron chi connectivity index (χ2n) is 14.8. The lowest BCUT2D eigenvalue weighted by Gasteiger charge is -2.69. The molecule has 2 heterocycles. The molecule has 7 nitrogen and oxygen atoms in total. The zero-order chi connectivity index (χ0) is 27.6. The molecule has 1 unspecified atom stereocenters. The normalized spacial score (nSPS) is 29.4. The summed E-state index contributed by atoms with van der Waals surface area (Å²) in [5.74, 6) is 0. The molecule has 1 atom stereocenters. The quantitative estimate of drug-likeness (QED) is 0.361. The number of nitrogens with zero attached hydrogens (tertiary/aromatic N) is 3. The van der Waals surface area contributed by atoms with Gasteiger partial charge in [0.25, 0.3) is 0 Å². The summed E-state index contributed by atoms with van der Waals surface area (Å²) in [6.07, 6.45) is 0. The second-order valence-corrected chi connectivity index (χ2v) is 22.1. The number of allylic oxidation sites excluding steroid dienone is 1. The Labute approximate surface area is 218 Å². The van der Waals surface area contributed by atoms with Gasteiger partial charge in [-0.1, -0.05) is 20.4 Å². The van der Waals surface area contributed by atoms with Crippen molar-refractivity contribution in [1.82, 2.24) is 14.0 Å². The molecule has 0 spiro atoms. The highest BCUT2D eigenvalue weighted by Gasteiger charge is 2.66. The molecule has 2 rings (SSSR count). The molecule has 2 aliphatic heterocycles. The van der Waals surface area contributed by atoms with E-state index in [1.807, 2.05) is 6.92 Å². The highest BCUT2D eigenvalue weighted by molar-refractivity contribution is 7.89. The van der Waals surface area contributed by atoms with Crippen LogP contribution < -0.4 is 9.98 Å². The first-order valence-corrected chi connectivity index (χ1v) is 17.2. The minimum absolute atomic E-state index is 0.0859. The lowest BCUT2D eigenvalue weighted by atomic mass is 9.97. The van der Waals surface area contributed by atoms with Crippen molar-refractivity contribution >= 4 is 23.7 Å². The van der Waals surface area contributed by atoms with E-state index in [1.54, 1.807) is 0 Å². The van der Waals surface area contributed by atoms with Crippen LogP contribution in [0.2, 0.25) is 0 Å². The Balaban J connectivity index is 2.77. The van der Waals surface area contributed by atoms with E-state index in [9.17, 15) is 4.89 Å². The van der Waals surface area contributed by atoms with Crippen molar-refractivity contribution in [3.8, 4) is 0 Å². The van der Waals surface area contributed by atoms with Crippen LogP contribution >= 0.6 is 23.7 Å². The summed E-state index contributed by atoms with van der Waals surface area (Å²) >= 11 is 0. The van der Waals surface area contributed by atoms with E-state index in [1.165, 1.54) is 0 Å². The number of hydrogen-bond donors (Lipinski definition) is 1. The van der Waals surface area contributed by atoms with Gasteiger partial charge >= 0.3 is 0 Å². The molecule has 35 heavy (non-hydrogen) atoms. The molecule has 2 fully saturated rings. The molecule has 0 aliphatic carbocycles. The molecule has 0 saturated carbocycles. The summed E-state index contributed by atoms with van der Waals surface area (Å²) in [6, 6.07) is 0. The molecular formula is C25H53N4O3P3. The molecule has 2 aliphatic rings. The minimum Gasteiger partial charge on any atom is -0.631 e. The molecule has 0 radical (unpaired) electrons. The summed E-state index contributed by atoms with van der Waals surface area (Å²) in [5.41, 5.74) is -1.43. The maximum atomic E-state index is 14.1. The van der Waals surface area contributed by atoms with E-state index in [-0.39, 0.29) is 27.6 Å². The predicted octanol–water partition coefficient (Wildman–Crippen LogP) is 7.74. The average Bonchev–Trinajstić information content (AvgIpc) is 2.56. The van der Waals surface area contributed by atoms with Gasteiger partial charge in [-0.3, -0.25) is 9.83 Å². The van der Waals surface area contributed by atoms with Crippen LogP contribution in [0.25, 0.3) is 0 Å². The summed E-state index contributed by atoms with van der Waals surface area (Å²) in [5, 5.41) is 4.78. The van der Waals surface area contributed by atoms with Gasteiger partial charge in [0.1, 0.15) is 34.6 Å². The number of hydrogen-bond acceptors (Lipinski definition) is 5. The summed E-state index contributed by atoms with van der Waals surface area (Å²) in [7, 11) is -6.85. The molecule has 10 heteroatoms. The Morgan fingerprint density at radius 1 is 0.971 bits per heavy atom. The SMILES string of the molecule is C=C(C(C)[P+]1([O-])OCC(C)(C)CO1)P1(=NC(C)(C)C)N(C(C)(C)C)P(NC(C)(C)C)N1C(C)(C)C. The third-order valence-electron chi connectivity index (χ3n) is 5.57. The van der Waals surface area contributed by atoms with Gasteiger partial charge in [0.05, 0.1) is 5.54 Å². The van der Waals surface area contributed by atoms with Crippen molar-refractivity contribution in [1.29, 1.82) is 0 Å². The van der Waals surface area contributed by atoms with E-state index in [0.717, 1.165) is 5.31 Å². The van der Waals surface area contributed by atoms with Crippen molar-refractivity contribution in [3.63, 3.8) is 0 Å². The van der Waals surface area contributed by atoms with E-state index in [2.05, 4.69) is 117 Å². The summed E-state index contributed by atoms with van der Waals surface area (Å²) < 4.78 is 22.8. The lowest BCUT2D eigenvalue weighted by Crippen LogP contribution is -2.60. The third kappa shape index (κ3) is 6.78. The molecule has 206 valence electrons. The van der Waals surface area contributed by atoms with Crippen molar-refractivity contribution in [2.75, 3.05) is 13.2 Å². The maximum absolute atomic E-state index is 14.1. The van der Waals surface area contributed by atoms with Crippen molar-refractivity contribution < 1.29 is 13.9 Å². The van der Waals surface area contributed by atoms with E-state index < -0.39 is 29.3 Å². The first kappa shape index (κ1) is 31.8. The lowest BCUT2D eigenvalue weighted by molar-refractivity contribution is -0.234. The molecular weight excluding hydrogens is 497 g/mol. The molecule has 1 N–H and O–H groups in total.